The average molecular weight is 665 g/mol. The highest BCUT2D eigenvalue weighted by molar-refractivity contribution is 6.35. The number of hydrogen-bond acceptors (Lipinski definition) is 3. The Morgan fingerprint density at radius 1 is 0.365 bits per heavy atom. The van der Waals surface area contributed by atoms with Gasteiger partial charge in [-0.2, -0.15) is 9.97 Å². The van der Waals surface area contributed by atoms with Crippen LogP contribution in [-0.2, 0) is 5.41 Å². The second-order valence-electron chi connectivity index (χ2n) is 14.4. The van der Waals surface area contributed by atoms with Gasteiger partial charge in [0.25, 0.3) is 0 Å². The molecule has 0 amide bonds. The molecule has 1 aliphatic rings. The molecule has 11 rings (SSSR count). The minimum atomic E-state index is -0.149. The Hall–Kier alpha value is -6.65. The third-order valence-corrected chi connectivity index (χ3v) is 11.2. The van der Waals surface area contributed by atoms with Gasteiger partial charge in [0.1, 0.15) is 0 Å². The highest BCUT2D eigenvalue weighted by atomic mass is 15.2. The first-order chi connectivity index (χ1) is 25.6. The second-order valence-corrected chi connectivity index (χ2v) is 14.4. The van der Waals surface area contributed by atoms with Crippen molar-refractivity contribution < 1.29 is 0 Å². The smallest absolute Gasteiger partial charge is 0.238 e. The molecule has 0 fully saturated rings. The molecule has 52 heavy (non-hydrogen) atoms. The number of nitrogens with zero attached hydrogens (tertiary/aromatic N) is 4. The van der Waals surface area contributed by atoms with Gasteiger partial charge in [0, 0.05) is 27.3 Å². The van der Waals surface area contributed by atoms with Crippen LogP contribution in [0.5, 0.6) is 0 Å². The summed E-state index contributed by atoms with van der Waals surface area (Å²) >= 11 is 0. The van der Waals surface area contributed by atoms with Crippen LogP contribution >= 0.6 is 0 Å². The topological polar surface area (TPSA) is 43.6 Å². The Labute approximate surface area is 300 Å². The summed E-state index contributed by atoms with van der Waals surface area (Å²) in [6.45, 7) is 4.73. The van der Waals surface area contributed by atoms with Crippen LogP contribution in [0.4, 0.5) is 0 Å². The molecule has 1 aliphatic carbocycles. The van der Waals surface area contributed by atoms with Crippen LogP contribution < -0.4 is 0 Å². The van der Waals surface area contributed by atoms with E-state index in [4.69, 9.17) is 15.0 Å². The van der Waals surface area contributed by atoms with Gasteiger partial charge in [0.15, 0.2) is 11.6 Å². The zero-order valence-electron chi connectivity index (χ0n) is 28.8. The first kappa shape index (κ1) is 29.1. The fourth-order valence-electron chi connectivity index (χ4n) is 8.79. The zero-order chi connectivity index (χ0) is 34.6. The molecule has 10 aromatic rings. The molecule has 0 saturated carbocycles. The SMILES string of the molecule is CC1(C)c2cccc3c4ccccc4c4cccc5c4c4c(c1ccc4n5-c1nc(-c4ccccc4)nc(-c4ccc(-c5ccccc5)cc4)n1)c23. The minimum Gasteiger partial charge on any atom is -0.278 e. The van der Waals surface area contributed by atoms with E-state index in [1.54, 1.807) is 0 Å². The van der Waals surface area contributed by atoms with Crippen LogP contribution in [0, 0.1) is 0 Å². The van der Waals surface area contributed by atoms with Crippen molar-refractivity contribution in [2.24, 2.45) is 0 Å². The van der Waals surface area contributed by atoms with Gasteiger partial charge in [-0.05, 0) is 66.7 Å². The van der Waals surface area contributed by atoms with Crippen LogP contribution in [0.1, 0.15) is 25.0 Å². The molecule has 244 valence electrons. The first-order valence-corrected chi connectivity index (χ1v) is 17.9. The molecule has 0 aliphatic heterocycles. The second kappa shape index (κ2) is 10.7. The van der Waals surface area contributed by atoms with Crippen LogP contribution in [0.2, 0.25) is 0 Å². The minimum absolute atomic E-state index is 0.149. The zero-order valence-corrected chi connectivity index (χ0v) is 28.8. The van der Waals surface area contributed by atoms with Crippen LogP contribution in [0.15, 0.2) is 158 Å². The standard InChI is InChI=1S/C48H32N4/c1-48(2)37-21-11-19-35-33-17-9-10-18-34(33)36-20-12-22-39-42(36)44-40(28-27-38(48)43(44)41(35)37)52(39)47-50-45(31-15-7-4-8-16-31)49-46(51-47)32-25-23-30(24-26-32)29-13-5-3-6-14-29/h3-28H,1-2H3. The van der Waals surface area contributed by atoms with Gasteiger partial charge in [-0.25, -0.2) is 4.98 Å². The highest BCUT2D eigenvalue weighted by Crippen LogP contribution is 2.53. The Bertz CT molecular complexity index is 3070. The van der Waals surface area contributed by atoms with Crippen molar-refractivity contribution in [2.45, 2.75) is 19.3 Å². The highest BCUT2D eigenvalue weighted by Gasteiger charge is 2.35. The van der Waals surface area contributed by atoms with E-state index >= 15 is 0 Å². The lowest BCUT2D eigenvalue weighted by molar-refractivity contribution is 0.663. The summed E-state index contributed by atoms with van der Waals surface area (Å²) in [4.78, 5) is 15.6. The van der Waals surface area contributed by atoms with E-state index in [1.807, 2.05) is 24.3 Å². The fourth-order valence-corrected chi connectivity index (χ4v) is 8.79. The van der Waals surface area contributed by atoms with Crippen molar-refractivity contribution in [3.05, 3.63) is 169 Å². The summed E-state index contributed by atoms with van der Waals surface area (Å²) in [5, 5.41) is 10.2. The Morgan fingerprint density at radius 3 is 1.56 bits per heavy atom. The molecule has 0 radical (unpaired) electrons. The molecule has 0 N–H and O–H groups in total. The molecule has 0 saturated heterocycles. The molecule has 4 nitrogen and oxygen atoms in total. The van der Waals surface area contributed by atoms with Crippen molar-refractivity contribution in [2.75, 3.05) is 0 Å². The lowest BCUT2D eigenvalue weighted by Gasteiger charge is -2.22. The molecule has 2 aromatic heterocycles. The maximum absolute atomic E-state index is 5.29. The predicted molar refractivity (Wildman–Crippen MR) is 215 cm³/mol. The van der Waals surface area contributed by atoms with E-state index in [1.165, 1.54) is 59.8 Å². The Morgan fingerprint density at radius 2 is 0.865 bits per heavy atom. The average Bonchev–Trinajstić information content (AvgIpc) is 3.67. The lowest BCUT2D eigenvalue weighted by atomic mass is 9.81. The summed E-state index contributed by atoms with van der Waals surface area (Å²) in [6.07, 6.45) is 0. The number of hydrogen-bond donors (Lipinski definition) is 0. The van der Waals surface area contributed by atoms with E-state index in [0.717, 1.165) is 27.7 Å². The quantitative estimate of drug-likeness (QED) is 0.188. The van der Waals surface area contributed by atoms with Crippen molar-refractivity contribution in [1.82, 2.24) is 19.5 Å². The van der Waals surface area contributed by atoms with E-state index in [0.29, 0.717) is 17.6 Å². The first-order valence-electron chi connectivity index (χ1n) is 17.9. The molecule has 2 heterocycles. The molecule has 0 unspecified atom stereocenters. The summed E-state index contributed by atoms with van der Waals surface area (Å²) in [5.74, 6) is 1.88. The van der Waals surface area contributed by atoms with Crippen LogP contribution in [0.3, 0.4) is 0 Å². The van der Waals surface area contributed by atoms with Crippen molar-refractivity contribution in [3.63, 3.8) is 0 Å². The third kappa shape index (κ3) is 4.00. The number of benzene rings is 7. The fraction of sp³-hybridized carbons (Fsp3) is 0.0625. The molecular formula is C48H32N4. The molecule has 8 aromatic carbocycles. The summed E-state index contributed by atoms with van der Waals surface area (Å²) in [6, 6.07) is 56.3. The number of rotatable bonds is 4. The predicted octanol–water partition coefficient (Wildman–Crippen LogP) is 12.1. The summed E-state index contributed by atoms with van der Waals surface area (Å²) < 4.78 is 2.27. The van der Waals surface area contributed by atoms with Gasteiger partial charge in [-0.15, -0.1) is 0 Å². The van der Waals surface area contributed by atoms with Gasteiger partial charge in [-0.1, -0.05) is 159 Å². The Balaban J connectivity index is 1.27. The van der Waals surface area contributed by atoms with Gasteiger partial charge < -0.3 is 0 Å². The summed E-state index contributed by atoms with van der Waals surface area (Å²) in [5.41, 5.74) is 8.97. The number of fused-ring (bicyclic) bond motifs is 3. The molecule has 0 spiro atoms. The maximum atomic E-state index is 5.29. The van der Waals surface area contributed by atoms with Crippen molar-refractivity contribution >= 4 is 54.1 Å². The van der Waals surface area contributed by atoms with E-state index < -0.39 is 0 Å². The van der Waals surface area contributed by atoms with Gasteiger partial charge in [0.2, 0.25) is 5.95 Å². The van der Waals surface area contributed by atoms with Crippen molar-refractivity contribution in [1.29, 1.82) is 0 Å². The third-order valence-electron chi connectivity index (χ3n) is 11.2. The number of aromatic nitrogens is 4. The normalized spacial score (nSPS) is 13.3. The van der Waals surface area contributed by atoms with E-state index in [2.05, 4.69) is 152 Å². The van der Waals surface area contributed by atoms with Crippen molar-refractivity contribution in [3.8, 4) is 39.9 Å². The maximum Gasteiger partial charge on any atom is 0.238 e. The summed E-state index contributed by atoms with van der Waals surface area (Å²) in [7, 11) is 0. The van der Waals surface area contributed by atoms with E-state index in [-0.39, 0.29) is 5.41 Å². The molecule has 4 heteroatoms. The molecule has 0 bridgehead atoms. The lowest BCUT2D eigenvalue weighted by Crippen LogP contribution is -2.15. The Kier molecular flexibility index (Phi) is 5.98. The van der Waals surface area contributed by atoms with Gasteiger partial charge in [0.05, 0.1) is 11.0 Å². The molecular weight excluding hydrogens is 633 g/mol. The largest absolute Gasteiger partial charge is 0.278 e. The molecule has 0 atom stereocenters. The van der Waals surface area contributed by atoms with Gasteiger partial charge >= 0.3 is 0 Å². The van der Waals surface area contributed by atoms with Crippen LogP contribution in [-0.4, -0.2) is 19.5 Å². The van der Waals surface area contributed by atoms with Gasteiger partial charge in [-0.3, -0.25) is 4.57 Å². The van der Waals surface area contributed by atoms with Crippen LogP contribution in [0.25, 0.3) is 94.0 Å². The van der Waals surface area contributed by atoms with E-state index in [9.17, 15) is 0 Å². The monoisotopic (exact) mass is 664 g/mol.